The number of nitrogens with zero attached hydrogens (tertiary/aromatic N) is 5. The molecule has 3 aromatic rings. The topological polar surface area (TPSA) is 64.6 Å². The van der Waals surface area contributed by atoms with Crippen molar-refractivity contribution in [1.82, 2.24) is 20.2 Å². The Morgan fingerprint density at radius 2 is 1.88 bits per heavy atom. The molecule has 0 bridgehead atoms. The Morgan fingerprint density at radius 3 is 2.70 bits per heavy atom. The van der Waals surface area contributed by atoms with Crippen LogP contribution in [-0.4, -0.2) is 73.1 Å². The lowest BCUT2D eigenvalue weighted by Crippen LogP contribution is -2.47. The minimum atomic E-state index is 0.0353. The summed E-state index contributed by atoms with van der Waals surface area (Å²) < 4.78 is 0. The summed E-state index contributed by atoms with van der Waals surface area (Å²) in [5, 5.41) is 4.18. The van der Waals surface area contributed by atoms with Gasteiger partial charge < -0.3 is 15.1 Å². The van der Waals surface area contributed by atoms with E-state index in [4.69, 9.17) is 4.98 Å². The Morgan fingerprint density at radius 1 is 1.03 bits per heavy atom. The van der Waals surface area contributed by atoms with Crippen molar-refractivity contribution in [2.75, 3.05) is 62.2 Å². The number of rotatable bonds is 7. The number of fused-ring (bicyclic) bond motifs is 1. The predicted octanol–water partition coefficient (Wildman–Crippen LogP) is 3.24. The van der Waals surface area contributed by atoms with Gasteiger partial charge in [0.1, 0.15) is 10.3 Å². The molecule has 5 rings (SSSR count). The zero-order valence-corrected chi connectivity index (χ0v) is 19.8. The number of pyridine rings is 1. The lowest BCUT2D eigenvalue weighted by Gasteiger charge is -2.36. The van der Waals surface area contributed by atoms with Crippen molar-refractivity contribution in [3.05, 3.63) is 48.7 Å². The van der Waals surface area contributed by atoms with E-state index in [1.54, 1.807) is 17.5 Å². The average molecular weight is 465 g/mol. The molecular formula is C25H32N6OS. The van der Waals surface area contributed by atoms with Crippen LogP contribution in [0.25, 0.3) is 10.3 Å². The SMILES string of the molecule is O=C(NCCCN1CCN(c2ccccc2)CC1)[C@@H]1CCCN(c2nc3cccnc3s2)C1. The quantitative estimate of drug-likeness (QED) is 0.542. The number of hydrogen-bond donors (Lipinski definition) is 1. The van der Waals surface area contributed by atoms with Crippen LogP contribution >= 0.6 is 11.3 Å². The average Bonchev–Trinajstić information content (AvgIpc) is 3.32. The van der Waals surface area contributed by atoms with Crippen LogP contribution in [0.15, 0.2) is 48.7 Å². The number of amides is 1. The predicted molar refractivity (Wildman–Crippen MR) is 135 cm³/mol. The van der Waals surface area contributed by atoms with Gasteiger partial charge in [-0.25, -0.2) is 9.97 Å². The summed E-state index contributed by atoms with van der Waals surface area (Å²) >= 11 is 1.62. The van der Waals surface area contributed by atoms with Gasteiger partial charge in [-0.3, -0.25) is 9.69 Å². The van der Waals surface area contributed by atoms with Crippen LogP contribution in [-0.2, 0) is 4.79 Å². The van der Waals surface area contributed by atoms with Crippen LogP contribution in [0.1, 0.15) is 19.3 Å². The zero-order chi connectivity index (χ0) is 22.5. The van der Waals surface area contributed by atoms with Gasteiger partial charge in [-0.1, -0.05) is 29.5 Å². The summed E-state index contributed by atoms with van der Waals surface area (Å²) in [6.07, 6.45) is 4.77. The second kappa shape index (κ2) is 10.5. The van der Waals surface area contributed by atoms with Gasteiger partial charge in [0, 0.05) is 57.7 Å². The van der Waals surface area contributed by atoms with E-state index in [1.807, 2.05) is 12.1 Å². The van der Waals surface area contributed by atoms with Crippen molar-refractivity contribution in [2.45, 2.75) is 19.3 Å². The molecule has 0 radical (unpaired) electrons. The molecule has 4 heterocycles. The molecule has 1 N–H and O–H groups in total. The number of hydrogen-bond acceptors (Lipinski definition) is 7. The van der Waals surface area contributed by atoms with E-state index >= 15 is 0 Å². The smallest absolute Gasteiger partial charge is 0.224 e. The Bertz CT molecular complexity index is 1020. The van der Waals surface area contributed by atoms with E-state index in [0.717, 1.165) is 87.1 Å². The number of piperidine rings is 1. The van der Waals surface area contributed by atoms with Crippen LogP contribution in [0.3, 0.4) is 0 Å². The highest BCUT2D eigenvalue weighted by Gasteiger charge is 2.27. The molecule has 33 heavy (non-hydrogen) atoms. The lowest BCUT2D eigenvalue weighted by atomic mass is 9.97. The van der Waals surface area contributed by atoms with E-state index in [9.17, 15) is 4.79 Å². The number of para-hydroxylation sites is 1. The van der Waals surface area contributed by atoms with Crippen molar-refractivity contribution in [1.29, 1.82) is 0 Å². The van der Waals surface area contributed by atoms with E-state index < -0.39 is 0 Å². The highest BCUT2D eigenvalue weighted by atomic mass is 32.1. The summed E-state index contributed by atoms with van der Waals surface area (Å²) in [5.74, 6) is 0.223. The third-order valence-electron chi connectivity index (χ3n) is 6.66. The van der Waals surface area contributed by atoms with Crippen molar-refractivity contribution < 1.29 is 4.79 Å². The number of thiazole rings is 1. The summed E-state index contributed by atoms with van der Waals surface area (Å²) in [6.45, 7) is 7.78. The van der Waals surface area contributed by atoms with Gasteiger partial charge in [-0.2, -0.15) is 0 Å². The largest absolute Gasteiger partial charge is 0.369 e. The summed E-state index contributed by atoms with van der Waals surface area (Å²) in [4.78, 5) is 30.1. The second-order valence-corrected chi connectivity index (χ2v) is 9.87. The van der Waals surface area contributed by atoms with Crippen LogP contribution in [0, 0.1) is 5.92 Å². The molecule has 0 saturated carbocycles. The third-order valence-corrected chi connectivity index (χ3v) is 7.70. The molecule has 1 aromatic carbocycles. The van der Waals surface area contributed by atoms with Crippen LogP contribution in [0.4, 0.5) is 10.8 Å². The molecule has 0 spiro atoms. The third kappa shape index (κ3) is 5.45. The van der Waals surface area contributed by atoms with Crippen molar-refractivity contribution in [2.24, 2.45) is 5.92 Å². The Balaban J connectivity index is 1.03. The Labute approximate surface area is 199 Å². The number of carbonyl (C=O) groups is 1. The van der Waals surface area contributed by atoms with Crippen molar-refractivity contribution in [3.8, 4) is 0 Å². The Hall–Kier alpha value is -2.71. The fraction of sp³-hybridized carbons (Fsp3) is 0.480. The molecule has 1 atom stereocenters. The van der Waals surface area contributed by atoms with Crippen molar-refractivity contribution in [3.63, 3.8) is 0 Å². The van der Waals surface area contributed by atoms with Gasteiger partial charge in [-0.15, -0.1) is 0 Å². The first kappa shape index (κ1) is 22.1. The first-order valence-electron chi connectivity index (χ1n) is 12.0. The van der Waals surface area contributed by atoms with Gasteiger partial charge in [0.25, 0.3) is 0 Å². The van der Waals surface area contributed by atoms with Gasteiger partial charge in [0.2, 0.25) is 5.91 Å². The molecule has 2 aromatic heterocycles. The highest BCUT2D eigenvalue weighted by molar-refractivity contribution is 7.21. The van der Waals surface area contributed by atoms with Crippen molar-refractivity contribution >= 4 is 38.4 Å². The standard InChI is InChI=1S/C25H32N6OS/c32-23(20-7-5-14-31(19-20)25-28-22-10-4-11-27-24(22)33-25)26-12-6-13-29-15-17-30(18-16-29)21-8-2-1-3-9-21/h1-4,8-11,20H,5-7,12-19H2,(H,26,32)/t20-/m1/s1. The normalized spacial score (nSPS) is 19.7. The minimum absolute atomic E-state index is 0.0353. The number of piperazine rings is 1. The number of anilines is 2. The molecule has 8 heteroatoms. The molecule has 2 fully saturated rings. The molecule has 7 nitrogen and oxygen atoms in total. The van der Waals surface area contributed by atoms with E-state index in [1.165, 1.54) is 5.69 Å². The van der Waals surface area contributed by atoms with Gasteiger partial charge >= 0.3 is 0 Å². The van der Waals surface area contributed by atoms with Crippen LogP contribution in [0.5, 0.6) is 0 Å². The number of carbonyl (C=O) groups excluding carboxylic acids is 1. The maximum Gasteiger partial charge on any atom is 0.224 e. The maximum absolute atomic E-state index is 12.8. The maximum atomic E-state index is 12.8. The molecule has 2 aliphatic heterocycles. The molecule has 1 amide bonds. The monoisotopic (exact) mass is 464 g/mol. The molecular weight excluding hydrogens is 432 g/mol. The Kier molecular flexibility index (Phi) is 7.02. The molecule has 2 aliphatic rings. The van der Waals surface area contributed by atoms with E-state index in [0.29, 0.717) is 0 Å². The minimum Gasteiger partial charge on any atom is -0.369 e. The summed E-state index contributed by atoms with van der Waals surface area (Å²) in [6, 6.07) is 14.6. The zero-order valence-electron chi connectivity index (χ0n) is 19.0. The summed E-state index contributed by atoms with van der Waals surface area (Å²) in [5.41, 5.74) is 2.25. The number of nitrogens with one attached hydrogen (secondary N) is 1. The number of aromatic nitrogens is 2. The van der Waals surface area contributed by atoms with Gasteiger partial charge in [0.15, 0.2) is 5.13 Å². The van der Waals surface area contributed by atoms with Crippen LogP contribution < -0.4 is 15.1 Å². The fourth-order valence-electron chi connectivity index (χ4n) is 4.79. The van der Waals surface area contributed by atoms with E-state index in [-0.39, 0.29) is 11.8 Å². The lowest BCUT2D eigenvalue weighted by molar-refractivity contribution is -0.125. The molecule has 0 unspecified atom stereocenters. The first-order valence-corrected chi connectivity index (χ1v) is 12.8. The van der Waals surface area contributed by atoms with Crippen LogP contribution in [0.2, 0.25) is 0 Å². The van der Waals surface area contributed by atoms with Gasteiger partial charge in [0.05, 0.1) is 5.92 Å². The molecule has 2 saturated heterocycles. The second-order valence-electron chi connectivity index (χ2n) is 8.92. The molecule has 0 aliphatic carbocycles. The molecule has 174 valence electrons. The van der Waals surface area contributed by atoms with Gasteiger partial charge in [-0.05, 0) is 50.1 Å². The first-order chi connectivity index (χ1) is 16.3. The highest BCUT2D eigenvalue weighted by Crippen LogP contribution is 2.30. The van der Waals surface area contributed by atoms with E-state index in [2.05, 4.69) is 55.3 Å². The number of benzene rings is 1. The summed E-state index contributed by atoms with van der Waals surface area (Å²) in [7, 11) is 0. The fourth-order valence-corrected chi connectivity index (χ4v) is 5.73.